The van der Waals surface area contributed by atoms with E-state index in [9.17, 15) is 4.79 Å². The number of hydrogen-bond donors (Lipinski definition) is 3. The fourth-order valence-electron chi connectivity index (χ4n) is 3.41. The van der Waals surface area contributed by atoms with Gasteiger partial charge in [-0.25, -0.2) is 0 Å². The van der Waals surface area contributed by atoms with Crippen LogP contribution in [0.5, 0.6) is 0 Å². The van der Waals surface area contributed by atoms with Crippen molar-refractivity contribution in [2.75, 3.05) is 6.61 Å². The van der Waals surface area contributed by atoms with Crippen molar-refractivity contribution >= 4 is 5.91 Å². The molecule has 0 radical (unpaired) electrons. The highest BCUT2D eigenvalue weighted by molar-refractivity contribution is 5.89. The van der Waals surface area contributed by atoms with Crippen LogP contribution in [-0.2, 0) is 16.1 Å². The Morgan fingerprint density at radius 2 is 2.42 bits per heavy atom. The number of carbonyl (C=O) groups excluding carboxylic acids is 1. The van der Waals surface area contributed by atoms with E-state index in [1.54, 1.807) is 0 Å². The molecule has 19 heavy (non-hydrogen) atoms. The number of fused-ring (bicyclic) bond motifs is 1. The lowest BCUT2D eigenvalue weighted by Gasteiger charge is -2.60. The van der Waals surface area contributed by atoms with Gasteiger partial charge in [0, 0.05) is 17.9 Å². The normalized spacial score (nSPS) is 35.5. The zero-order chi connectivity index (χ0) is 13.7. The monoisotopic (exact) mass is 266 g/mol. The Morgan fingerprint density at radius 3 is 3.11 bits per heavy atom. The molecule has 8 heteroatoms. The van der Waals surface area contributed by atoms with Gasteiger partial charge in [-0.3, -0.25) is 4.79 Å². The van der Waals surface area contributed by atoms with Crippen molar-refractivity contribution in [2.24, 2.45) is 17.1 Å². The van der Waals surface area contributed by atoms with Crippen LogP contribution < -0.4 is 11.1 Å². The minimum absolute atomic E-state index is 0.0772. The number of rotatable bonds is 3. The molecule has 1 aromatic heterocycles. The number of aromatic nitrogens is 4. The van der Waals surface area contributed by atoms with Crippen molar-refractivity contribution < 1.29 is 9.53 Å². The SMILES string of the molecule is CC1(C)C2OCCC2C1(N)C(=O)NCc1nn[nH]n1. The van der Waals surface area contributed by atoms with E-state index in [0.717, 1.165) is 6.42 Å². The second-order valence-corrected chi connectivity index (χ2v) is 5.79. The Balaban J connectivity index is 1.72. The van der Waals surface area contributed by atoms with Gasteiger partial charge in [-0.1, -0.05) is 19.1 Å². The van der Waals surface area contributed by atoms with Crippen LogP contribution in [0.1, 0.15) is 26.1 Å². The highest BCUT2D eigenvalue weighted by Crippen LogP contribution is 2.58. The fraction of sp³-hybridized carbons (Fsp3) is 0.818. The second-order valence-electron chi connectivity index (χ2n) is 5.79. The zero-order valence-corrected chi connectivity index (χ0v) is 11.0. The number of tetrazole rings is 1. The molecular formula is C11H18N6O2. The Hall–Kier alpha value is -1.54. The maximum atomic E-state index is 12.4. The predicted octanol–water partition coefficient (Wildman–Crippen LogP) is -1.04. The van der Waals surface area contributed by atoms with Crippen molar-refractivity contribution in [3.63, 3.8) is 0 Å². The summed E-state index contributed by atoms with van der Waals surface area (Å²) in [4.78, 5) is 12.4. The number of nitrogens with one attached hydrogen (secondary N) is 2. The average Bonchev–Trinajstić information content (AvgIpc) is 3.04. The summed E-state index contributed by atoms with van der Waals surface area (Å²) >= 11 is 0. The molecule has 2 heterocycles. The number of carbonyl (C=O) groups is 1. The van der Waals surface area contributed by atoms with Crippen LogP contribution in [0.3, 0.4) is 0 Å². The van der Waals surface area contributed by atoms with Crippen LogP contribution >= 0.6 is 0 Å². The molecule has 1 aromatic rings. The fourth-order valence-corrected chi connectivity index (χ4v) is 3.41. The lowest BCUT2D eigenvalue weighted by atomic mass is 9.48. The molecular weight excluding hydrogens is 248 g/mol. The maximum Gasteiger partial charge on any atom is 0.241 e. The first-order chi connectivity index (χ1) is 8.98. The molecule has 0 spiro atoms. The number of ether oxygens (including phenoxy) is 1. The van der Waals surface area contributed by atoms with Crippen molar-refractivity contribution in [3.8, 4) is 0 Å². The molecule has 104 valence electrons. The second kappa shape index (κ2) is 3.97. The minimum Gasteiger partial charge on any atom is -0.377 e. The summed E-state index contributed by atoms with van der Waals surface area (Å²) in [6, 6.07) is 0. The molecule has 2 fully saturated rings. The molecule has 1 aliphatic carbocycles. The van der Waals surface area contributed by atoms with Crippen LogP contribution in [0.4, 0.5) is 0 Å². The van der Waals surface area contributed by atoms with Crippen LogP contribution in [0.15, 0.2) is 0 Å². The molecule has 3 unspecified atom stereocenters. The van der Waals surface area contributed by atoms with Gasteiger partial charge in [0.05, 0.1) is 12.6 Å². The molecule has 8 nitrogen and oxygen atoms in total. The number of hydrogen-bond acceptors (Lipinski definition) is 6. The number of nitrogens with two attached hydrogens (primary N) is 1. The molecule has 1 aliphatic heterocycles. The lowest BCUT2D eigenvalue weighted by molar-refractivity contribution is -0.175. The van der Waals surface area contributed by atoms with E-state index < -0.39 is 5.54 Å². The third-order valence-corrected chi connectivity index (χ3v) is 4.63. The van der Waals surface area contributed by atoms with Gasteiger partial charge < -0.3 is 15.8 Å². The summed E-state index contributed by atoms with van der Waals surface area (Å²) in [5.74, 6) is 0.357. The first-order valence-electron chi connectivity index (χ1n) is 6.39. The zero-order valence-electron chi connectivity index (χ0n) is 11.0. The first kappa shape index (κ1) is 12.5. The molecule has 1 amide bonds. The van der Waals surface area contributed by atoms with E-state index in [0.29, 0.717) is 12.4 Å². The van der Waals surface area contributed by atoms with Gasteiger partial charge in [-0.2, -0.15) is 5.21 Å². The molecule has 1 saturated heterocycles. The minimum atomic E-state index is -0.891. The molecule has 4 N–H and O–H groups in total. The summed E-state index contributed by atoms with van der Waals surface area (Å²) in [7, 11) is 0. The summed E-state index contributed by atoms with van der Waals surface area (Å²) in [6.07, 6.45) is 0.911. The number of H-pyrrole nitrogens is 1. The standard InChI is InChI=1S/C11H18N6O2/c1-10(2)8-6(3-4-19-8)11(10,12)9(18)13-5-7-14-16-17-15-7/h6,8H,3-5,12H2,1-2H3,(H,13,18)(H,14,15,16,17). The van der Waals surface area contributed by atoms with Crippen molar-refractivity contribution in [2.45, 2.75) is 38.5 Å². The predicted molar refractivity (Wildman–Crippen MR) is 64.6 cm³/mol. The Morgan fingerprint density at radius 1 is 1.63 bits per heavy atom. The quantitative estimate of drug-likeness (QED) is 0.643. The van der Waals surface area contributed by atoms with Crippen LogP contribution in [-0.4, -0.2) is 44.8 Å². The van der Waals surface area contributed by atoms with Crippen molar-refractivity contribution in [3.05, 3.63) is 5.82 Å². The van der Waals surface area contributed by atoms with E-state index in [-0.39, 0.29) is 29.9 Å². The number of nitrogens with zero attached hydrogens (tertiary/aromatic N) is 3. The smallest absolute Gasteiger partial charge is 0.241 e. The largest absolute Gasteiger partial charge is 0.377 e. The lowest BCUT2D eigenvalue weighted by Crippen LogP contribution is -2.80. The van der Waals surface area contributed by atoms with Gasteiger partial charge >= 0.3 is 0 Å². The van der Waals surface area contributed by atoms with E-state index in [4.69, 9.17) is 10.5 Å². The van der Waals surface area contributed by atoms with Gasteiger partial charge in [0.25, 0.3) is 0 Å². The van der Waals surface area contributed by atoms with Crippen molar-refractivity contribution in [1.82, 2.24) is 25.9 Å². The molecule has 3 atom stereocenters. The Kier molecular flexibility index (Phi) is 2.61. The topological polar surface area (TPSA) is 119 Å². The molecule has 2 aliphatic rings. The van der Waals surface area contributed by atoms with Crippen LogP contribution in [0.2, 0.25) is 0 Å². The number of aromatic amines is 1. The molecule has 1 saturated carbocycles. The van der Waals surface area contributed by atoms with E-state index >= 15 is 0 Å². The molecule has 0 aromatic carbocycles. The molecule has 0 bridgehead atoms. The highest BCUT2D eigenvalue weighted by Gasteiger charge is 2.71. The summed E-state index contributed by atoms with van der Waals surface area (Å²) < 4.78 is 5.66. The summed E-state index contributed by atoms with van der Waals surface area (Å²) in [6.45, 7) is 4.86. The van der Waals surface area contributed by atoms with Crippen LogP contribution in [0, 0.1) is 11.3 Å². The van der Waals surface area contributed by atoms with E-state index in [1.807, 2.05) is 13.8 Å². The van der Waals surface area contributed by atoms with Crippen molar-refractivity contribution in [1.29, 1.82) is 0 Å². The Bertz CT molecular complexity index is 487. The highest BCUT2D eigenvalue weighted by atomic mass is 16.5. The first-order valence-corrected chi connectivity index (χ1v) is 6.39. The van der Waals surface area contributed by atoms with Gasteiger partial charge in [0.2, 0.25) is 5.91 Å². The van der Waals surface area contributed by atoms with Crippen LogP contribution in [0.25, 0.3) is 0 Å². The summed E-state index contributed by atoms with van der Waals surface area (Å²) in [5, 5.41) is 16.2. The van der Waals surface area contributed by atoms with E-state index in [2.05, 4.69) is 25.9 Å². The third kappa shape index (κ3) is 1.53. The number of amides is 1. The van der Waals surface area contributed by atoms with Gasteiger partial charge in [-0.15, -0.1) is 10.2 Å². The Labute approximate surface area is 110 Å². The van der Waals surface area contributed by atoms with Gasteiger partial charge in [-0.05, 0) is 6.42 Å². The summed E-state index contributed by atoms with van der Waals surface area (Å²) in [5.41, 5.74) is 5.14. The molecule has 3 rings (SSSR count). The van der Waals surface area contributed by atoms with Gasteiger partial charge in [0.15, 0.2) is 5.82 Å². The van der Waals surface area contributed by atoms with Gasteiger partial charge in [0.1, 0.15) is 5.54 Å². The average molecular weight is 266 g/mol. The third-order valence-electron chi connectivity index (χ3n) is 4.63. The van der Waals surface area contributed by atoms with E-state index in [1.165, 1.54) is 0 Å². The maximum absolute atomic E-state index is 12.4.